The summed E-state index contributed by atoms with van der Waals surface area (Å²) in [5.74, 6) is 0.856. The molecule has 1 fully saturated rings. The van der Waals surface area contributed by atoms with Gasteiger partial charge in [-0.15, -0.1) is 0 Å². The highest BCUT2D eigenvalue weighted by molar-refractivity contribution is 6.05. The van der Waals surface area contributed by atoms with Crippen molar-refractivity contribution < 1.29 is 4.79 Å². The highest BCUT2D eigenvalue weighted by atomic mass is 16.1. The SMILES string of the molecule is CC1CCN(CCNC(=O)c2cccc3cc[nH]c23)CC1. The molecule has 0 spiro atoms. The van der Waals surface area contributed by atoms with Gasteiger partial charge in [0.1, 0.15) is 0 Å². The standard InChI is InChI=1S/C17H23N3O/c1-13-6-10-20(11-7-13)12-9-19-17(21)15-4-2-3-14-5-8-18-16(14)15/h2-5,8,13,18H,6-7,9-12H2,1H3,(H,19,21). The van der Waals surface area contributed by atoms with Gasteiger partial charge in [0.25, 0.3) is 5.91 Å². The highest BCUT2D eigenvalue weighted by Crippen LogP contribution is 2.17. The fraction of sp³-hybridized carbons (Fsp3) is 0.471. The Morgan fingerprint density at radius 3 is 2.95 bits per heavy atom. The zero-order valence-corrected chi connectivity index (χ0v) is 12.6. The van der Waals surface area contributed by atoms with E-state index in [0.717, 1.165) is 42.0 Å². The van der Waals surface area contributed by atoms with Gasteiger partial charge in [-0.2, -0.15) is 0 Å². The molecule has 2 aromatic rings. The zero-order chi connectivity index (χ0) is 14.7. The Bertz CT molecular complexity index is 611. The van der Waals surface area contributed by atoms with Crippen molar-refractivity contribution in [2.45, 2.75) is 19.8 Å². The van der Waals surface area contributed by atoms with Crippen LogP contribution in [0.5, 0.6) is 0 Å². The average Bonchev–Trinajstić information content (AvgIpc) is 2.97. The van der Waals surface area contributed by atoms with Crippen LogP contribution in [-0.4, -0.2) is 42.0 Å². The third-order valence-electron chi connectivity index (χ3n) is 4.42. The maximum atomic E-state index is 12.3. The molecule has 0 radical (unpaired) electrons. The van der Waals surface area contributed by atoms with Gasteiger partial charge >= 0.3 is 0 Å². The second kappa shape index (κ2) is 6.31. The van der Waals surface area contributed by atoms with Crippen molar-refractivity contribution in [1.82, 2.24) is 15.2 Å². The fourth-order valence-electron chi connectivity index (χ4n) is 2.98. The summed E-state index contributed by atoms with van der Waals surface area (Å²) < 4.78 is 0. The van der Waals surface area contributed by atoms with E-state index in [9.17, 15) is 4.79 Å². The van der Waals surface area contributed by atoms with Crippen molar-refractivity contribution in [2.75, 3.05) is 26.2 Å². The third kappa shape index (κ3) is 3.27. The van der Waals surface area contributed by atoms with Gasteiger partial charge in [0, 0.05) is 24.7 Å². The number of hydrogen-bond donors (Lipinski definition) is 2. The molecule has 2 N–H and O–H groups in total. The summed E-state index contributed by atoms with van der Waals surface area (Å²) in [5.41, 5.74) is 1.64. The largest absolute Gasteiger partial charge is 0.361 e. The fourth-order valence-corrected chi connectivity index (χ4v) is 2.98. The molecule has 0 saturated carbocycles. The van der Waals surface area contributed by atoms with E-state index < -0.39 is 0 Å². The molecule has 0 aliphatic carbocycles. The first-order valence-electron chi connectivity index (χ1n) is 7.80. The average molecular weight is 285 g/mol. The monoisotopic (exact) mass is 285 g/mol. The van der Waals surface area contributed by atoms with Gasteiger partial charge in [0.05, 0.1) is 11.1 Å². The minimum Gasteiger partial charge on any atom is -0.361 e. The Hall–Kier alpha value is -1.81. The number of amides is 1. The Labute approximate surface area is 125 Å². The van der Waals surface area contributed by atoms with Gasteiger partial charge in [-0.1, -0.05) is 19.1 Å². The van der Waals surface area contributed by atoms with Gasteiger partial charge < -0.3 is 15.2 Å². The third-order valence-corrected chi connectivity index (χ3v) is 4.42. The van der Waals surface area contributed by atoms with Crippen molar-refractivity contribution in [3.63, 3.8) is 0 Å². The van der Waals surface area contributed by atoms with Gasteiger partial charge in [-0.05, 0) is 44.0 Å². The lowest BCUT2D eigenvalue weighted by atomic mass is 9.99. The summed E-state index contributed by atoms with van der Waals surface area (Å²) >= 11 is 0. The van der Waals surface area contributed by atoms with Gasteiger partial charge in [0.2, 0.25) is 0 Å². The smallest absolute Gasteiger partial charge is 0.253 e. The lowest BCUT2D eigenvalue weighted by molar-refractivity contribution is 0.0946. The summed E-state index contributed by atoms with van der Waals surface area (Å²) in [6.07, 6.45) is 4.42. The second-order valence-electron chi connectivity index (χ2n) is 6.03. The number of likely N-dealkylation sites (tertiary alicyclic amines) is 1. The quantitative estimate of drug-likeness (QED) is 0.907. The molecule has 21 heavy (non-hydrogen) atoms. The van der Waals surface area contributed by atoms with Crippen LogP contribution in [-0.2, 0) is 0 Å². The first-order chi connectivity index (χ1) is 10.2. The molecule has 0 unspecified atom stereocenters. The minimum absolute atomic E-state index is 0.00780. The number of carbonyl (C=O) groups is 1. The van der Waals surface area contributed by atoms with E-state index in [1.165, 1.54) is 12.8 Å². The number of fused-ring (bicyclic) bond motifs is 1. The second-order valence-corrected chi connectivity index (χ2v) is 6.03. The van der Waals surface area contributed by atoms with Crippen LogP contribution in [0.15, 0.2) is 30.5 Å². The van der Waals surface area contributed by atoms with E-state index in [-0.39, 0.29) is 5.91 Å². The van der Waals surface area contributed by atoms with Crippen LogP contribution in [0.2, 0.25) is 0 Å². The molecule has 1 amide bonds. The minimum atomic E-state index is 0.00780. The van der Waals surface area contributed by atoms with Gasteiger partial charge in [-0.3, -0.25) is 4.79 Å². The normalized spacial score (nSPS) is 17.2. The summed E-state index contributed by atoms with van der Waals surface area (Å²) in [4.78, 5) is 17.9. The van der Waals surface area contributed by atoms with Crippen molar-refractivity contribution in [3.05, 3.63) is 36.0 Å². The van der Waals surface area contributed by atoms with E-state index in [0.29, 0.717) is 6.54 Å². The van der Waals surface area contributed by atoms with Crippen LogP contribution in [0.25, 0.3) is 10.9 Å². The molecular weight excluding hydrogens is 262 g/mol. The van der Waals surface area contributed by atoms with E-state index in [4.69, 9.17) is 0 Å². The van der Waals surface area contributed by atoms with E-state index >= 15 is 0 Å². The number of nitrogens with zero attached hydrogens (tertiary/aromatic N) is 1. The molecule has 4 heteroatoms. The van der Waals surface area contributed by atoms with Crippen LogP contribution in [0.1, 0.15) is 30.1 Å². The Morgan fingerprint density at radius 1 is 1.33 bits per heavy atom. The summed E-state index contributed by atoms with van der Waals surface area (Å²) in [6.45, 7) is 6.28. The molecule has 1 saturated heterocycles. The number of hydrogen-bond acceptors (Lipinski definition) is 2. The maximum Gasteiger partial charge on any atom is 0.253 e. The molecular formula is C17H23N3O. The topological polar surface area (TPSA) is 48.1 Å². The van der Waals surface area contributed by atoms with Crippen LogP contribution in [0.3, 0.4) is 0 Å². The molecule has 1 aromatic heterocycles. The number of aromatic nitrogens is 1. The Morgan fingerprint density at radius 2 is 2.14 bits per heavy atom. The molecule has 0 bridgehead atoms. The summed E-state index contributed by atoms with van der Waals surface area (Å²) in [5, 5.41) is 4.12. The maximum absolute atomic E-state index is 12.3. The Balaban J connectivity index is 1.54. The molecule has 3 rings (SSSR count). The predicted octanol–water partition coefficient (Wildman–Crippen LogP) is 2.63. The molecule has 2 heterocycles. The first kappa shape index (κ1) is 14.1. The lowest BCUT2D eigenvalue weighted by Crippen LogP contribution is -2.39. The number of rotatable bonds is 4. The lowest BCUT2D eigenvalue weighted by Gasteiger charge is -2.30. The number of aromatic amines is 1. The predicted molar refractivity (Wildman–Crippen MR) is 85.5 cm³/mol. The van der Waals surface area contributed by atoms with Crippen LogP contribution >= 0.6 is 0 Å². The van der Waals surface area contributed by atoms with Crippen molar-refractivity contribution >= 4 is 16.8 Å². The molecule has 1 aromatic carbocycles. The van der Waals surface area contributed by atoms with Crippen molar-refractivity contribution in [3.8, 4) is 0 Å². The summed E-state index contributed by atoms with van der Waals surface area (Å²) in [7, 11) is 0. The van der Waals surface area contributed by atoms with Crippen molar-refractivity contribution in [2.24, 2.45) is 5.92 Å². The molecule has 0 atom stereocenters. The summed E-state index contributed by atoms with van der Waals surface area (Å²) in [6, 6.07) is 7.80. The van der Waals surface area contributed by atoms with Crippen LogP contribution < -0.4 is 5.32 Å². The Kier molecular flexibility index (Phi) is 4.25. The van der Waals surface area contributed by atoms with E-state index in [1.807, 2.05) is 30.5 Å². The first-order valence-corrected chi connectivity index (χ1v) is 7.80. The van der Waals surface area contributed by atoms with Crippen LogP contribution in [0, 0.1) is 5.92 Å². The van der Waals surface area contributed by atoms with Crippen molar-refractivity contribution in [1.29, 1.82) is 0 Å². The van der Waals surface area contributed by atoms with Gasteiger partial charge in [0.15, 0.2) is 0 Å². The number of para-hydroxylation sites is 1. The molecule has 1 aliphatic heterocycles. The molecule has 112 valence electrons. The number of nitrogens with one attached hydrogen (secondary N) is 2. The number of benzene rings is 1. The van der Waals surface area contributed by atoms with E-state index in [1.54, 1.807) is 0 Å². The van der Waals surface area contributed by atoms with Crippen LogP contribution in [0.4, 0.5) is 0 Å². The number of carbonyl (C=O) groups excluding carboxylic acids is 1. The highest BCUT2D eigenvalue weighted by Gasteiger charge is 2.16. The number of piperidine rings is 1. The zero-order valence-electron chi connectivity index (χ0n) is 12.6. The molecule has 1 aliphatic rings. The van der Waals surface area contributed by atoms with E-state index in [2.05, 4.69) is 22.1 Å². The molecule has 4 nitrogen and oxygen atoms in total. The van der Waals surface area contributed by atoms with Gasteiger partial charge in [-0.25, -0.2) is 0 Å². The number of H-pyrrole nitrogens is 1.